The summed E-state index contributed by atoms with van der Waals surface area (Å²) in [5.41, 5.74) is 2.82. The maximum absolute atomic E-state index is 12.2. The van der Waals surface area contributed by atoms with Gasteiger partial charge in [0.25, 0.3) is 0 Å². The minimum Gasteiger partial charge on any atom is -0.457 e. The normalized spacial score (nSPS) is 15.0. The smallest absolute Gasteiger partial charge is 0.340 e. The Labute approximate surface area is 155 Å². The first-order chi connectivity index (χ1) is 12.4. The van der Waals surface area contributed by atoms with Gasteiger partial charge in [0, 0.05) is 19.3 Å². The Kier molecular flexibility index (Phi) is 5.57. The van der Waals surface area contributed by atoms with Gasteiger partial charge in [0.2, 0.25) is 0 Å². The summed E-state index contributed by atoms with van der Waals surface area (Å²) in [6.07, 6.45) is 1.58. The van der Waals surface area contributed by atoms with E-state index in [9.17, 15) is 4.79 Å². The van der Waals surface area contributed by atoms with E-state index in [1.807, 2.05) is 18.2 Å². The average Bonchev–Trinajstić information content (AvgIpc) is 2.66. The standard InChI is InChI=1S/C21H26N2O3/c1-21(2,3)18-7-4-16(5-8-18)15-26-20(24)17-6-9-19(22-14-17)23-10-12-25-13-11-23/h4-9,14H,10-13,15H2,1-3H3. The molecule has 0 N–H and O–H groups in total. The van der Waals surface area contributed by atoms with Crippen molar-refractivity contribution in [2.24, 2.45) is 0 Å². The van der Waals surface area contributed by atoms with E-state index >= 15 is 0 Å². The van der Waals surface area contributed by atoms with Gasteiger partial charge in [-0.05, 0) is 28.7 Å². The van der Waals surface area contributed by atoms with Crippen LogP contribution < -0.4 is 4.90 Å². The molecule has 0 saturated carbocycles. The van der Waals surface area contributed by atoms with Gasteiger partial charge in [0.05, 0.1) is 18.8 Å². The summed E-state index contributed by atoms with van der Waals surface area (Å²) in [5, 5.41) is 0. The van der Waals surface area contributed by atoms with E-state index in [1.165, 1.54) is 5.56 Å². The molecule has 5 nitrogen and oxygen atoms in total. The van der Waals surface area contributed by atoms with E-state index in [2.05, 4.69) is 42.8 Å². The first kappa shape index (κ1) is 18.4. The van der Waals surface area contributed by atoms with Gasteiger partial charge >= 0.3 is 5.97 Å². The number of nitrogens with zero attached hydrogens (tertiary/aromatic N) is 2. The quantitative estimate of drug-likeness (QED) is 0.786. The number of hydrogen-bond acceptors (Lipinski definition) is 5. The van der Waals surface area contributed by atoms with E-state index in [4.69, 9.17) is 9.47 Å². The van der Waals surface area contributed by atoms with Crippen molar-refractivity contribution < 1.29 is 14.3 Å². The second-order valence-corrected chi connectivity index (χ2v) is 7.53. The van der Waals surface area contributed by atoms with Crippen molar-refractivity contribution in [3.63, 3.8) is 0 Å². The number of anilines is 1. The van der Waals surface area contributed by atoms with Gasteiger partial charge in [0.1, 0.15) is 12.4 Å². The Balaban J connectivity index is 1.56. The van der Waals surface area contributed by atoms with Gasteiger partial charge in [-0.2, -0.15) is 0 Å². The molecule has 0 spiro atoms. The molecule has 2 heterocycles. The van der Waals surface area contributed by atoms with Gasteiger partial charge in [-0.1, -0.05) is 45.0 Å². The zero-order valence-electron chi connectivity index (χ0n) is 15.7. The number of carbonyl (C=O) groups is 1. The molecule has 138 valence electrons. The van der Waals surface area contributed by atoms with Gasteiger partial charge in [-0.25, -0.2) is 9.78 Å². The van der Waals surface area contributed by atoms with Gasteiger partial charge in [0.15, 0.2) is 0 Å². The van der Waals surface area contributed by atoms with Crippen molar-refractivity contribution in [3.05, 3.63) is 59.3 Å². The lowest BCUT2D eigenvalue weighted by Crippen LogP contribution is -2.36. The maximum Gasteiger partial charge on any atom is 0.340 e. The fourth-order valence-corrected chi connectivity index (χ4v) is 2.82. The number of hydrogen-bond donors (Lipinski definition) is 0. The predicted molar refractivity (Wildman–Crippen MR) is 102 cm³/mol. The maximum atomic E-state index is 12.2. The second kappa shape index (κ2) is 7.87. The summed E-state index contributed by atoms with van der Waals surface area (Å²) >= 11 is 0. The van der Waals surface area contributed by atoms with Gasteiger partial charge in [-0.15, -0.1) is 0 Å². The van der Waals surface area contributed by atoms with Crippen LogP contribution in [-0.2, 0) is 21.5 Å². The minimum absolute atomic E-state index is 0.114. The Bertz CT molecular complexity index is 727. The molecule has 1 aromatic heterocycles. The van der Waals surface area contributed by atoms with E-state index in [1.54, 1.807) is 12.3 Å². The average molecular weight is 354 g/mol. The molecular formula is C21H26N2O3. The van der Waals surface area contributed by atoms with Crippen molar-refractivity contribution >= 4 is 11.8 Å². The summed E-state index contributed by atoms with van der Waals surface area (Å²) in [6.45, 7) is 9.84. The highest BCUT2D eigenvalue weighted by atomic mass is 16.5. The molecule has 1 saturated heterocycles. The van der Waals surface area contributed by atoms with Crippen molar-refractivity contribution in [1.29, 1.82) is 0 Å². The van der Waals surface area contributed by atoms with Gasteiger partial charge in [-0.3, -0.25) is 0 Å². The van der Waals surface area contributed by atoms with E-state index in [-0.39, 0.29) is 18.0 Å². The molecule has 0 bridgehead atoms. The Morgan fingerprint density at radius 2 is 1.81 bits per heavy atom. The SMILES string of the molecule is CC(C)(C)c1ccc(COC(=O)c2ccc(N3CCOCC3)nc2)cc1. The monoisotopic (exact) mass is 354 g/mol. The first-order valence-electron chi connectivity index (χ1n) is 8.99. The largest absolute Gasteiger partial charge is 0.457 e. The number of pyridine rings is 1. The molecular weight excluding hydrogens is 328 g/mol. The van der Waals surface area contributed by atoms with Crippen molar-refractivity contribution in [2.45, 2.75) is 32.8 Å². The fraction of sp³-hybridized carbons (Fsp3) is 0.429. The number of morpholine rings is 1. The predicted octanol–water partition coefficient (Wildman–Crippen LogP) is 3.57. The number of benzene rings is 1. The zero-order chi connectivity index (χ0) is 18.6. The zero-order valence-corrected chi connectivity index (χ0v) is 15.7. The number of carbonyl (C=O) groups excluding carboxylic acids is 1. The summed E-state index contributed by atoms with van der Waals surface area (Å²) in [5.74, 6) is 0.508. The van der Waals surface area contributed by atoms with Gasteiger partial charge < -0.3 is 14.4 Å². The third kappa shape index (κ3) is 4.61. The third-order valence-corrected chi connectivity index (χ3v) is 4.51. The molecule has 0 atom stereocenters. The fourth-order valence-electron chi connectivity index (χ4n) is 2.82. The summed E-state index contributed by atoms with van der Waals surface area (Å²) in [7, 11) is 0. The molecule has 1 aliphatic rings. The van der Waals surface area contributed by atoms with Crippen LogP contribution in [0.2, 0.25) is 0 Å². The highest BCUT2D eigenvalue weighted by Crippen LogP contribution is 2.22. The van der Waals surface area contributed by atoms with Crippen LogP contribution in [0.15, 0.2) is 42.6 Å². The van der Waals surface area contributed by atoms with Crippen LogP contribution in [0.1, 0.15) is 42.3 Å². The van der Waals surface area contributed by atoms with Crippen LogP contribution in [-0.4, -0.2) is 37.3 Å². The van der Waals surface area contributed by atoms with Crippen LogP contribution in [0.3, 0.4) is 0 Å². The second-order valence-electron chi connectivity index (χ2n) is 7.53. The van der Waals surface area contributed by atoms with Crippen LogP contribution in [0, 0.1) is 0 Å². The van der Waals surface area contributed by atoms with Crippen molar-refractivity contribution in [1.82, 2.24) is 4.98 Å². The van der Waals surface area contributed by atoms with Crippen molar-refractivity contribution in [3.8, 4) is 0 Å². The molecule has 5 heteroatoms. The van der Waals surface area contributed by atoms with E-state index in [0.717, 1.165) is 24.5 Å². The number of esters is 1. The minimum atomic E-state index is -0.356. The molecule has 3 rings (SSSR count). The van der Waals surface area contributed by atoms with Crippen LogP contribution >= 0.6 is 0 Å². The molecule has 0 unspecified atom stereocenters. The molecule has 1 fully saturated rings. The Hall–Kier alpha value is -2.40. The summed E-state index contributed by atoms with van der Waals surface area (Å²) in [4.78, 5) is 18.8. The molecule has 1 aliphatic heterocycles. The lowest BCUT2D eigenvalue weighted by atomic mass is 9.87. The van der Waals surface area contributed by atoms with Crippen molar-refractivity contribution in [2.75, 3.05) is 31.2 Å². The lowest BCUT2D eigenvalue weighted by molar-refractivity contribution is 0.0472. The lowest BCUT2D eigenvalue weighted by Gasteiger charge is -2.27. The highest BCUT2D eigenvalue weighted by molar-refractivity contribution is 5.89. The summed E-state index contributed by atoms with van der Waals surface area (Å²) < 4.78 is 10.8. The first-order valence-corrected chi connectivity index (χ1v) is 8.99. The van der Waals surface area contributed by atoms with E-state index < -0.39 is 0 Å². The van der Waals surface area contributed by atoms with Crippen LogP contribution in [0.4, 0.5) is 5.82 Å². The van der Waals surface area contributed by atoms with Crippen LogP contribution in [0.5, 0.6) is 0 Å². The Morgan fingerprint density at radius 3 is 2.38 bits per heavy atom. The Morgan fingerprint density at radius 1 is 1.12 bits per heavy atom. The summed E-state index contributed by atoms with van der Waals surface area (Å²) in [6, 6.07) is 11.8. The number of ether oxygens (including phenoxy) is 2. The molecule has 2 aromatic rings. The molecule has 0 radical (unpaired) electrons. The third-order valence-electron chi connectivity index (χ3n) is 4.51. The molecule has 0 aliphatic carbocycles. The number of aromatic nitrogens is 1. The van der Waals surface area contributed by atoms with E-state index in [0.29, 0.717) is 18.8 Å². The van der Waals surface area contributed by atoms with Crippen LogP contribution in [0.25, 0.3) is 0 Å². The molecule has 26 heavy (non-hydrogen) atoms. The molecule has 0 amide bonds. The molecule has 1 aromatic carbocycles. The number of rotatable bonds is 4. The highest BCUT2D eigenvalue weighted by Gasteiger charge is 2.15. The topological polar surface area (TPSA) is 51.7 Å².